The van der Waals surface area contributed by atoms with Gasteiger partial charge >= 0.3 is 17.8 Å². The van der Waals surface area contributed by atoms with Crippen molar-refractivity contribution in [3.8, 4) is 0 Å². The summed E-state index contributed by atoms with van der Waals surface area (Å²) in [5.74, 6) is -0.377. The lowest BCUT2D eigenvalue weighted by molar-refractivity contribution is 0.0647. The van der Waals surface area contributed by atoms with Gasteiger partial charge in [0.05, 0.1) is 17.7 Å². The molecule has 1 aliphatic heterocycles. The molecule has 146 valence electrons. The van der Waals surface area contributed by atoms with Gasteiger partial charge in [0.2, 0.25) is 0 Å². The first-order valence-electron chi connectivity index (χ1n) is 9.30. The fourth-order valence-electron chi connectivity index (χ4n) is 3.65. The highest BCUT2D eigenvalue weighted by Crippen LogP contribution is 2.34. The third kappa shape index (κ3) is 2.91. The molecular weight excluding hydrogens is 370 g/mol. The third-order valence-corrected chi connectivity index (χ3v) is 5.10. The van der Waals surface area contributed by atoms with Gasteiger partial charge in [0.1, 0.15) is 6.04 Å². The average molecular weight is 389 g/mol. The molecule has 1 N–H and O–H groups in total. The molecule has 1 aliphatic rings. The Balaban J connectivity index is 1.59. The van der Waals surface area contributed by atoms with Gasteiger partial charge in [0.15, 0.2) is 0 Å². The Morgan fingerprint density at radius 2 is 2.03 bits per heavy atom. The van der Waals surface area contributed by atoms with E-state index in [2.05, 4.69) is 25.1 Å². The number of anilines is 1. The van der Waals surface area contributed by atoms with Crippen molar-refractivity contribution in [3.63, 3.8) is 0 Å². The lowest BCUT2D eigenvalue weighted by Gasteiger charge is -2.33. The van der Waals surface area contributed by atoms with E-state index < -0.39 is 6.04 Å². The lowest BCUT2D eigenvalue weighted by atomic mass is 9.98. The van der Waals surface area contributed by atoms with Crippen molar-refractivity contribution in [2.24, 2.45) is 0 Å². The standard InChI is InChI=1S/C20H19N7O2/c1-26(2)20-25-24-18(29-20)19(28)27-8-7-14-16(23-11-22-14)17(27)15-9-12-5-3-4-6-13(12)10-21-15/h3-6,9-11,17H,7-8H2,1-2H3,(H,22,23)/t17-/m1/s1. The summed E-state index contributed by atoms with van der Waals surface area (Å²) in [5, 5.41) is 9.96. The molecule has 1 amide bonds. The normalized spacial score (nSPS) is 16.1. The first-order valence-corrected chi connectivity index (χ1v) is 9.30. The van der Waals surface area contributed by atoms with Crippen LogP contribution in [0.1, 0.15) is 33.8 Å². The van der Waals surface area contributed by atoms with Gasteiger partial charge in [-0.05, 0) is 11.5 Å². The summed E-state index contributed by atoms with van der Waals surface area (Å²) >= 11 is 0. The van der Waals surface area contributed by atoms with Crippen LogP contribution >= 0.6 is 0 Å². The van der Waals surface area contributed by atoms with Crippen LogP contribution in [0.25, 0.3) is 10.8 Å². The summed E-state index contributed by atoms with van der Waals surface area (Å²) in [6.07, 6.45) is 4.15. The van der Waals surface area contributed by atoms with Gasteiger partial charge in [-0.1, -0.05) is 29.4 Å². The van der Waals surface area contributed by atoms with Gasteiger partial charge < -0.3 is 19.2 Å². The van der Waals surface area contributed by atoms with Crippen molar-refractivity contribution in [3.05, 3.63) is 65.8 Å². The second kappa shape index (κ2) is 6.69. The van der Waals surface area contributed by atoms with Crippen LogP contribution in [0.2, 0.25) is 0 Å². The summed E-state index contributed by atoms with van der Waals surface area (Å²) in [6.45, 7) is 0.493. The Kier molecular flexibility index (Phi) is 4.01. The largest absolute Gasteiger partial charge is 0.399 e. The Bertz CT molecular complexity index is 1200. The van der Waals surface area contributed by atoms with Gasteiger partial charge in [-0.3, -0.25) is 9.78 Å². The highest BCUT2D eigenvalue weighted by atomic mass is 16.4. The van der Waals surface area contributed by atoms with Crippen LogP contribution in [0, 0.1) is 0 Å². The monoisotopic (exact) mass is 389 g/mol. The minimum Gasteiger partial charge on any atom is -0.399 e. The summed E-state index contributed by atoms with van der Waals surface area (Å²) in [5.41, 5.74) is 2.55. The Morgan fingerprint density at radius 1 is 1.21 bits per heavy atom. The molecule has 29 heavy (non-hydrogen) atoms. The van der Waals surface area contributed by atoms with Gasteiger partial charge in [-0.15, -0.1) is 5.10 Å². The fourth-order valence-corrected chi connectivity index (χ4v) is 3.65. The van der Waals surface area contributed by atoms with Crippen molar-refractivity contribution in [2.75, 3.05) is 25.5 Å². The predicted octanol–water partition coefficient (Wildman–Crippen LogP) is 2.19. The zero-order valence-corrected chi connectivity index (χ0v) is 16.0. The number of pyridine rings is 1. The average Bonchev–Trinajstić information content (AvgIpc) is 3.42. The molecule has 9 heteroatoms. The van der Waals surface area contributed by atoms with E-state index >= 15 is 0 Å². The molecule has 1 atom stereocenters. The van der Waals surface area contributed by atoms with Crippen molar-refractivity contribution in [2.45, 2.75) is 12.5 Å². The number of nitrogens with zero attached hydrogens (tertiary/aromatic N) is 6. The smallest absolute Gasteiger partial charge is 0.318 e. The number of aromatic amines is 1. The first kappa shape index (κ1) is 17.4. The number of carbonyl (C=O) groups is 1. The minimum atomic E-state index is -0.434. The molecule has 4 aromatic rings. The zero-order chi connectivity index (χ0) is 20.0. The highest BCUT2D eigenvalue weighted by Gasteiger charge is 2.37. The van der Waals surface area contributed by atoms with Crippen molar-refractivity contribution in [1.82, 2.24) is 30.0 Å². The maximum Gasteiger partial charge on any atom is 0.318 e. The predicted molar refractivity (Wildman–Crippen MR) is 106 cm³/mol. The SMILES string of the molecule is CN(C)c1nnc(C(=O)N2CCc3[nH]cnc3[C@H]2c2cc3ccccc3cn2)o1. The molecular formula is C20H19N7O2. The second-order valence-electron chi connectivity index (χ2n) is 7.16. The number of fused-ring (bicyclic) bond motifs is 2. The van der Waals surface area contributed by atoms with Crippen LogP contribution in [0.15, 0.2) is 47.3 Å². The van der Waals surface area contributed by atoms with Crippen LogP contribution < -0.4 is 4.90 Å². The molecule has 0 bridgehead atoms. The lowest BCUT2D eigenvalue weighted by Crippen LogP contribution is -2.41. The van der Waals surface area contributed by atoms with E-state index in [0.29, 0.717) is 13.0 Å². The van der Waals surface area contributed by atoms with E-state index in [0.717, 1.165) is 27.9 Å². The van der Waals surface area contributed by atoms with E-state index in [1.54, 1.807) is 30.2 Å². The Morgan fingerprint density at radius 3 is 2.83 bits per heavy atom. The highest BCUT2D eigenvalue weighted by molar-refractivity contribution is 5.90. The molecule has 0 unspecified atom stereocenters. The molecule has 0 spiro atoms. The van der Waals surface area contributed by atoms with E-state index in [1.807, 2.05) is 36.5 Å². The van der Waals surface area contributed by atoms with Gasteiger partial charge in [0, 0.05) is 44.3 Å². The van der Waals surface area contributed by atoms with E-state index in [9.17, 15) is 4.79 Å². The van der Waals surface area contributed by atoms with Crippen LogP contribution in [0.4, 0.5) is 6.01 Å². The van der Waals surface area contributed by atoms with E-state index in [-0.39, 0.29) is 17.8 Å². The van der Waals surface area contributed by atoms with E-state index in [4.69, 9.17) is 4.42 Å². The summed E-state index contributed by atoms with van der Waals surface area (Å²) in [4.78, 5) is 28.9. The quantitative estimate of drug-likeness (QED) is 0.573. The molecule has 0 saturated carbocycles. The van der Waals surface area contributed by atoms with Crippen molar-refractivity contribution in [1.29, 1.82) is 0 Å². The number of amides is 1. The number of hydrogen-bond acceptors (Lipinski definition) is 7. The summed E-state index contributed by atoms with van der Waals surface area (Å²) in [6, 6.07) is 9.85. The molecule has 9 nitrogen and oxygen atoms in total. The van der Waals surface area contributed by atoms with Crippen LogP contribution in [-0.2, 0) is 6.42 Å². The molecule has 1 aromatic carbocycles. The summed E-state index contributed by atoms with van der Waals surface area (Å²) < 4.78 is 5.55. The summed E-state index contributed by atoms with van der Waals surface area (Å²) in [7, 11) is 3.56. The third-order valence-electron chi connectivity index (χ3n) is 5.10. The Hall–Kier alpha value is -3.75. The van der Waals surface area contributed by atoms with Gasteiger partial charge in [-0.2, -0.15) is 0 Å². The second-order valence-corrected chi connectivity index (χ2v) is 7.16. The molecule has 4 heterocycles. The van der Waals surface area contributed by atoms with Crippen molar-refractivity contribution >= 4 is 22.7 Å². The van der Waals surface area contributed by atoms with E-state index in [1.165, 1.54) is 0 Å². The number of H-pyrrole nitrogens is 1. The van der Waals surface area contributed by atoms with Gasteiger partial charge in [-0.25, -0.2) is 4.98 Å². The molecule has 0 fully saturated rings. The molecule has 5 rings (SSSR count). The number of imidazole rings is 1. The van der Waals surface area contributed by atoms with Crippen LogP contribution in [0.3, 0.4) is 0 Å². The topological polar surface area (TPSA) is 104 Å². The number of hydrogen-bond donors (Lipinski definition) is 1. The van der Waals surface area contributed by atoms with Crippen LogP contribution in [0.5, 0.6) is 0 Å². The maximum atomic E-state index is 13.3. The van der Waals surface area contributed by atoms with Crippen molar-refractivity contribution < 1.29 is 9.21 Å². The maximum absolute atomic E-state index is 13.3. The molecule has 3 aromatic heterocycles. The molecule has 0 saturated heterocycles. The zero-order valence-electron chi connectivity index (χ0n) is 16.0. The number of nitrogens with one attached hydrogen (secondary N) is 1. The first-order chi connectivity index (χ1) is 14.1. The van der Waals surface area contributed by atoms with Gasteiger partial charge in [0.25, 0.3) is 0 Å². The number of aromatic nitrogens is 5. The Labute approximate surface area is 166 Å². The number of benzene rings is 1. The number of carbonyl (C=O) groups excluding carboxylic acids is 1. The fraction of sp³-hybridized carbons (Fsp3) is 0.250. The number of rotatable bonds is 3. The minimum absolute atomic E-state index is 0.0431. The molecule has 0 aliphatic carbocycles. The van der Waals surface area contributed by atoms with Crippen LogP contribution in [-0.4, -0.2) is 56.6 Å². The molecule has 0 radical (unpaired) electrons.